The lowest BCUT2D eigenvalue weighted by Gasteiger charge is -2.26. The Labute approximate surface area is 294 Å². The number of rotatable bonds is 10. The molecule has 0 radical (unpaired) electrons. The van der Waals surface area contributed by atoms with E-state index in [0.29, 0.717) is 53.5 Å². The van der Waals surface area contributed by atoms with Gasteiger partial charge in [-0.25, -0.2) is 9.79 Å². The Morgan fingerprint density at radius 3 is 2.57 bits per heavy atom. The second-order valence-electron chi connectivity index (χ2n) is 10.6. The first-order valence-corrected chi connectivity index (χ1v) is 17.1. The third-order valence-electron chi connectivity index (χ3n) is 7.02. The Morgan fingerprint density at radius 1 is 1.11 bits per heavy atom. The number of methoxy groups -OCH3 is 1. The van der Waals surface area contributed by atoms with Gasteiger partial charge in [-0.1, -0.05) is 58.8 Å². The summed E-state index contributed by atoms with van der Waals surface area (Å²) in [5, 5.41) is 0.873. The number of hydrogen-bond acceptors (Lipinski definition) is 8. The lowest BCUT2D eigenvalue weighted by Crippen LogP contribution is -2.40. The molecule has 0 unspecified atom stereocenters. The van der Waals surface area contributed by atoms with Crippen LogP contribution in [0.4, 0.5) is 0 Å². The number of carbonyl (C=O) groups excluding carboxylic acids is 1. The highest BCUT2D eigenvalue weighted by Gasteiger charge is 2.35. The lowest BCUT2D eigenvalue weighted by atomic mass is 9.95. The summed E-state index contributed by atoms with van der Waals surface area (Å²) >= 11 is 15.7. The highest BCUT2D eigenvalue weighted by Crippen LogP contribution is 2.37. The van der Waals surface area contributed by atoms with Gasteiger partial charge in [-0.2, -0.15) is 0 Å². The molecule has 2 heterocycles. The van der Waals surface area contributed by atoms with Gasteiger partial charge >= 0.3 is 5.97 Å². The number of hydrogen-bond donors (Lipinski definition) is 0. The van der Waals surface area contributed by atoms with Crippen molar-refractivity contribution in [2.75, 3.05) is 13.7 Å². The topological polar surface area (TPSA) is 88.4 Å². The predicted molar refractivity (Wildman–Crippen MR) is 189 cm³/mol. The van der Waals surface area contributed by atoms with E-state index in [9.17, 15) is 9.59 Å². The Balaban J connectivity index is 1.68. The third-order valence-corrected chi connectivity index (χ3v) is 9.36. The van der Waals surface area contributed by atoms with Crippen molar-refractivity contribution in [1.82, 2.24) is 4.57 Å². The molecule has 0 fully saturated rings. The molecule has 0 aliphatic carbocycles. The van der Waals surface area contributed by atoms with Crippen LogP contribution >= 0.6 is 57.1 Å². The van der Waals surface area contributed by atoms with Gasteiger partial charge in [-0.3, -0.25) is 9.36 Å². The number of allylic oxidation sites excluding steroid dienone is 1. The summed E-state index contributed by atoms with van der Waals surface area (Å²) in [5.41, 5.74) is 2.53. The minimum absolute atomic E-state index is 0.133. The molecule has 1 aromatic heterocycles. The molecule has 3 aromatic carbocycles. The fourth-order valence-electron chi connectivity index (χ4n) is 5.08. The zero-order chi connectivity index (χ0) is 33.1. The summed E-state index contributed by atoms with van der Waals surface area (Å²) in [4.78, 5) is 32.9. The molecule has 0 saturated heterocycles. The van der Waals surface area contributed by atoms with Gasteiger partial charge in [0.05, 0.1) is 45.7 Å². The summed E-state index contributed by atoms with van der Waals surface area (Å²) in [7, 11) is 1.56. The van der Waals surface area contributed by atoms with Crippen LogP contribution in [0.3, 0.4) is 0 Å². The second kappa shape index (κ2) is 14.6. The van der Waals surface area contributed by atoms with Gasteiger partial charge in [-0.05, 0) is 92.3 Å². The molecule has 5 rings (SSSR count). The average molecular weight is 794 g/mol. The van der Waals surface area contributed by atoms with Gasteiger partial charge in [0, 0.05) is 14.7 Å². The first-order valence-electron chi connectivity index (χ1n) is 14.4. The molecule has 1 aliphatic heterocycles. The van der Waals surface area contributed by atoms with Crippen LogP contribution in [0.2, 0.25) is 10.0 Å². The molecular formula is C34H31Cl2IN2O6S. The third kappa shape index (κ3) is 7.15. The number of fused-ring (bicyclic) bond motifs is 1. The number of carbonyl (C=O) groups is 1. The van der Waals surface area contributed by atoms with Crippen molar-refractivity contribution in [2.45, 2.75) is 46.4 Å². The van der Waals surface area contributed by atoms with Gasteiger partial charge in [0.15, 0.2) is 16.3 Å². The number of benzene rings is 3. The van der Waals surface area contributed by atoms with Gasteiger partial charge in [0.25, 0.3) is 5.56 Å². The SMILES string of the molecule is CCOC(=O)C1=C(C)N=c2s/c(=C\c3cc(I)cc(OC)c3OCc3ccc(Cl)c(Cl)c3)c(=O)n2[C@@H]1c1ccccc1OC(C)C. The van der Waals surface area contributed by atoms with E-state index in [0.717, 1.165) is 9.13 Å². The Hall–Kier alpha value is -3.32. The van der Waals surface area contributed by atoms with E-state index in [1.807, 2.05) is 56.3 Å². The smallest absolute Gasteiger partial charge is 0.338 e. The molecule has 4 aromatic rings. The number of para-hydroxylation sites is 1. The van der Waals surface area contributed by atoms with Gasteiger partial charge < -0.3 is 18.9 Å². The predicted octanol–water partition coefficient (Wildman–Crippen LogP) is 7.08. The maximum absolute atomic E-state index is 14.3. The van der Waals surface area contributed by atoms with Crippen LogP contribution in [0.25, 0.3) is 6.08 Å². The van der Waals surface area contributed by atoms with Crippen LogP contribution in [0.15, 0.2) is 75.7 Å². The number of thiazole rings is 1. The summed E-state index contributed by atoms with van der Waals surface area (Å²) in [6.07, 6.45) is 1.63. The quantitative estimate of drug-likeness (QED) is 0.126. The zero-order valence-electron chi connectivity index (χ0n) is 25.7. The van der Waals surface area contributed by atoms with Crippen LogP contribution in [0, 0.1) is 3.57 Å². The van der Waals surface area contributed by atoms with Crippen molar-refractivity contribution < 1.29 is 23.7 Å². The van der Waals surface area contributed by atoms with E-state index in [1.165, 1.54) is 11.3 Å². The maximum atomic E-state index is 14.3. The van der Waals surface area contributed by atoms with Gasteiger partial charge in [-0.15, -0.1) is 0 Å². The van der Waals surface area contributed by atoms with Crippen molar-refractivity contribution in [1.29, 1.82) is 0 Å². The first kappa shape index (κ1) is 34.0. The van der Waals surface area contributed by atoms with Crippen LogP contribution in [0.1, 0.15) is 50.4 Å². The number of esters is 1. The Morgan fingerprint density at radius 2 is 1.87 bits per heavy atom. The summed E-state index contributed by atoms with van der Waals surface area (Å²) < 4.78 is 26.4. The highest BCUT2D eigenvalue weighted by atomic mass is 127. The molecule has 240 valence electrons. The summed E-state index contributed by atoms with van der Waals surface area (Å²) in [5.74, 6) is 0.983. The van der Waals surface area contributed by atoms with Crippen molar-refractivity contribution in [3.05, 3.63) is 116 Å². The van der Waals surface area contributed by atoms with Crippen LogP contribution in [-0.2, 0) is 16.1 Å². The zero-order valence-corrected chi connectivity index (χ0v) is 30.2. The molecule has 0 saturated carbocycles. The Kier molecular flexibility index (Phi) is 10.8. The number of aromatic nitrogens is 1. The number of nitrogens with zero attached hydrogens (tertiary/aromatic N) is 2. The molecule has 12 heteroatoms. The Bertz CT molecular complexity index is 2020. The molecular weight excluding hydrogens is 762 g/mol. The first-order chi connectivity index (χ1) is 22.0. The number of halogens is 3. The van der Waals surface area contributed by atoms with E-state index >= 15 is 0 Å². The average Bonchev–Trinajstić information content (AvgIpc) is 3.31. The van der Waals surface area contributed by atoms with Gasteiger partial charge in [0.1, 0.15) is 18.4 Å². The van der Waals surface area contributed by atoms with E-state index in [2.05, 4.69) is 22.6 Å². The van der Waals surface area contributed by atoms with E-state index < -0.39 is 12.0 Å². The normalized spacial score (nSPS) is 14.6. The van der Waals surface area contributed by atoms with Crippen LogP contribution < -0.4 is 29.1 Å². The lowest BCUT2D eigenvalue weighted by molar-refractivity contribution is -0.139. The van der Waals surface area contributed by atoms with Crippen molar-refractivity contribution in [2.24, 2.45) is 4.99 Å². The van der Waals surface area contributed by atoms with Crippen molar-refractivity contribution >= 4 is 69.2 Å². The van der Waals surface area contributed by atoms with E-state index in [4.69, 9.17) is 47.1 Å². The molecule has 0 spiro atoms. The number of ether oxygens (including phenoxy) is 4. The minimum atomic E-state index is -0.816. The molecule has 8 nitrogen and oxygen atoms in total. The van der Waals surface area contributed by atoms with Crippen molar-refractivity contribution in [3.8, 4) is 17.2 Å². The molecule has 1 aliphatic rings. The van der Waals surface area contributed by atoms with Crippen molar-refractivity contribution in [3.63, 3.8) is 0 Å². The highest BCUT2D eigenvalue weighted by molar-refractivity contribution is 14.1. The largest absolute Gasteiger partial charge is 0.493 e. The van der Waals surface area contributed by atoms with Crippen LogP contribution in [0.5, 0.6) is 17.2 Å². The maximum Gasteiger partial charge on any atom is 0.338 e. The molecule has 0 N–H and O–H groups in total. The minimum Gasteiger partial charge on any atom is -0.493 e. The second-order valence-corrected chi connectivity index (χ2v) is 13.6. The fourth-order valence-corrected chi connectivity index (χ4v) is 7.06. The van der Waals surface area contributed by atoms with E-state index in [1.54, 1.807) is 43.7 Å². The monoisotopic (exact) mass is 792 g/mol. The molecule has 0 amide bonds. The molecule has 0 bridgehead atoms. The molecule has 46 heavy (non-hydrogen) atoms. The summed E-state index contributed by atoms with van der Waals surface area (Å²) in [6.45, 7) is 7.70. The molecule has 1 atom stereocenters. The van der Waals surface area contributed by atoms with Crippen LogP contribution in [-0.4, -0.2) is 30.4 Å². The van der Waals surface area contributed by atoms with E-state index in [-0.39, 0.29) is 30.5 Å². The summed E-state index contributed by atoms with van der Waals surface area (Å²) in [6, 6.07) is 15.6. The van der Waals surface area contributed by atoms with Gasteiger partial charge in [0.2, 0.25) is 0 Å². The standard InChI is InChI=1S/C34H31Cl2IN2O6S/c1-6-43-33(41)29-19(4)38-34-39(30(29)23-9-7-8-10-26(23)45-18(2)3)32(40)28(46-34)15-21-14-22(37)16-27(42-5)31(21)44-17-20-11-12-24(35)25(36)13-20/h7-16,18,30H,6,17H2,1-5H3/b28-15-/t30-/m1/s1. The fraction of sp³-hybridized carbons (Fsp3) is 0.265.